The van der Waals surface area contributed by atoms with E-state index in [4.69, 9.17) is 19.2 Å². The van der Waals surface area contributed by atoms with Crippen LogP contribution < -0.4 is 4.74 Å². The average Bonchev–Trinajstić information content (AvgIpc) is 3.39. The second-order valence-corrected chi connectivity index (χ2v) is 8.10. The third-order valence-electron chi connectivity index (χ3n) is 5.96. The molecule has 0 unspecified atom stereocenters. The highest BCUT2D eigenvalue weighted by Gasteiger charge is 2.51. The van der Waals surface area contributed by atoms with Crippen molar-refractivity contribution in [2.45, 2.75) is 39.3 Å². The lowest BCUT2D eigenvalue weighted by Crippen LogP contribution is -2.36. The number of hydrogen-bond donors (Lipinski definition) is 1. The molecule has 1 saturated heterocycles. The summed E-state index contributed by atoms with van der Waals surface area (Å²) in [5.74, 6) is -0.993. The Hall–Kier alpha value is -3.11. The molecule has 1 amide bonds. The van der Waals surface area contributed by atoms with Gasteiger partial charge in [0.2, 0.25) is 5.88 Å². The SMILES string of the molecule is Cc1noc(C)c1C(=O)N1C[C@H]2CCC[C@@]2(COc2ccccn2)C1.O=C(O)C(F)(F)F. The number of halogens is 3. The van der Waals surface area contributed by atoms with Crippen molar-refractivity contribution in [2.75, 3.05) is 19.7 Å². The smallest absolute Gasteiger partial charge is 0.477 e. The molecule has 2 atom stereocenters. The normalized spacial score (nSPS) is 22.2. The van der Waals surface area contributed by atoms with Crippen LogP contribution in [0, 0.1) is 25.2 Å². The van der Waals surface area contributed by atoms with Gasteiger partial charge in [-0.1, -0.05) is 17.6 Å². The Morgan fingerprint density at radius 2 is 2.06 bits per heavy atom. The molecule has 174 valence electrons. The average molecular weight is 455 g/mol. The number of fused-ring (bicyclic) bond motifs is 1. The van der Waals surface area contributed by atoms with Crippen molar-refractivity contribution in [1.29, 1.82) is 0 Å². The van der Waals surface area contributed by atoms with Crippen LogP contribution in [0.15, 0.2) is 28.9 Å². The summed E-state index contributed by atoms with van der Waals surface area (Å²) in [4.78, 5) is 28.1. The zero-order valence-electron chi connectivity index (χ0n) is 17.7. The molecule has 2 aliphatic rings. The van der Waals surface area contributed by atoms with Gasteiger partial charge in [-0.3, -0.25) is 4.79 Å². The van der Waals surface area contributed by atoms with Gasteiger partial charge in [0.15, 0.2) is 0 Å². The van der Waals surface area contributed by atoms with Gasteiger partial charge in [0.1, 0.15) is 11.3 Å². The second kappa shape index (κ2) is 9.17. The number of amides is 1. The first-order valence-electron chi connectivity index (χ1n) is 10.1. The Morgan fingerprint density at radius 3 is 2.62 bits per heavy atom. The lowest BCUT2D eigenvalue weighted by molar-refractivity contribution is -0.192. The topological polar surface area (TPSA) is 106 Å². The van der Waals surface area contributed by atoms with Crippen molar-refractivity contribution >= 4 is 11.9 Å². The maximum atomic E-state index is 13.0. The summed E-state index contributed by atoms with van der Waals surface area (Å²) in [7, 11) is 0. The molecule has 11 heteroatoms. The summed E-state index contributed by atoms with van der Waals surface area (Å²) in [5.41, 5.74) is 1.31. The number of carbonyl (C=O) groups excluding carboxylic acids is 1. The highest BCUT2D eigenvalue weighted by Crippen LogP contribution is 2.49. The molecule has 0 aromatic carbocycles. The molecular formula is C21H24F3N3O5. The number of carboxylic acids is 1. The molecule has 2 aromatic heterocycles. The molecule has 1 aliphatic heterocycles. The minimum Gasteiger partial charge on any atom is -0.477 e. The molecule has 1 saturated carbocycles. The van der Waals surface area contributed by atoms with Crippen LogP contribution in [0.3, 0.4) is 0 Å². The summed E-state index contributed by atoms with van der Waals surface area (Å²) in [6, 6.07) is 5.68. The predicted molar refractivity (Wildman–Crippen MR) is 105 cm³/mol. The van der Waals surface area contributed by atoms with Gasteiger partial charge in [0.25, 0.3) is 5.91 Å². The fourth-order valence-electron chi connectivity index (χ4n) is 4.40. The highest BCUT2D eigenvalue weighted by molar-refractivity contribution is 5.96. The van der Waals surface area contributed by atoms with Crippen molar-refractivity contribution in [2.24, 2.45) is 11.3 Å². The van der Waals surface area contributed by atoms with E-state index in [1.54, 1.807) is 13.1 Å². The zero-order chi connectivity index (χ0) is 23.5. The quantitative estimate of drug-likeness (QED) is 0.750. The van der Waals surface area contributed by atoms with Gasteiger partial charge in [-0.15, -0.1) is 0 Å². The van der Waals surface area contributed by atoms with Crippen LogP contribution in [0.5, 0.6) is 5.88 Å². The maximum Gasteiger partial charge on any atom is 0.490 e. The van der Waals surface area contributed by atoms with E-state index in [0.717, 1.165) is 25.9 Å². The van der Waals surface area contributed by atoms with Crippen LogP contribution in [0.25, 0.3) is 0 Å². The molecule has 3 heterocycles. The molecule has 1 N–H and O–H groups in total. The summed E-state index contributed by atoms with van der Waals surface area (Å²) in [6.45, 7) is 5.74. The molecule has 1 aliphatic carbocycles. The van der Waals surface area contributed by atoms with Gasteiger partial charge in [0, 0.05) is 30.8 Å². The van der Waals surface area contributed by atoms with Crippen LogP contribution in [-0.4, -0.2) is 57.9 Å². The lowest BCUT2D eigenvalue weighted by atomic mass is 9.81. The van der Waals surface area contributed by atoms with Gasteiger partial charge < -0.3 is 19.3 Å². The number of carboxylic acid groups (broad SMARTS) is 1. The summed E-state index contributed by atoms with van der Waals surface area (Å²) >= 11 is 0. The fraction of sp³-hybridized carbons (Fsp3) is 0.524. The largest absolute Gasteiger partial charge is 0.490 e. The first-order valence-corrected chi connectivity index (χ1v) is 10.1. The minimum atomic E-state index is -5.08. The van der Waals surface area contributed by atoms with Crippen molar-refractivity contribution in [3.05, 3.63) is 41.4 Å². The number of aryl methyl sites for hydroxylation is 2. The minimum absolute atomic E-state index is 0.0304. The summed E-state index contributed by atoms with van der Waals surface area (Å²) < 4.78 is 42.9. The van der Waals surface area contributed by atoms with Gasteiger partial charge in [0.05, 0.1) is 12.3 Å². The number of rotatable bonds is 4. The monoisotopic (exact) mass is 455 g/mol. The molecular weight excluding hydrogens is 431 g/mol. The van der Waals surface area contributed by atoms with Gasteiger partial charge in [-0.05, 0) is 38.7 Å². The zero-order valence-corrected chi connectivity index (χ0v) is 17.7. The Morgan fingerprint density at radius 1 is 1.34 bits per heavy atom. The van der Waals surface area contributed by atoms with Crippen molar-refractivity contribution < 1.29 is 37.1 Å². The number of nitrogens with zero attached hydrogens (tertiary/aromatic N) is 3. The summed E-state index contributed by atoms with van der Waals surface area (Å²) in [6.07, 6.45) is 0.0947. The Balaban J connectivity index is 0.000000360. The van der Waals surface area contributed by atoms with Crippen LogP contribution in [0.2, 0.25) is 0 Å². The Labute approximate surface area is 182 Å². The van der Waals surface area contributed by atoms with E-state index in [0.29, 0.717) is 35.4 Å². The van der Waals surface area contributed by atoms with Crippen LogP contribution in [0.4, 0.5) is 13.2 Å². The number of alkyl halides is 3. The van der Waals surface area contributed by atoms with Gasteiger partial charge in [-0.2, -0.15) is 13.2 Å². The van der Waals surface area contributed by atoms with Crippen molar-refractivity contribution in [3.63, 3.8) is 0 Å². The van der Waals surface area contributed by atoms with E-state index < -0.39 is 12.1 Å². The van der Waals surface area contributed by atoms with E-state index in [1.807, 2.05) is 30.0 Å². The predicted octanol–water partition coefficient (Wildman–Crippen LogP) is 3.64. The summed E-state index contributed by atoms with van der Waals surface area (Å²) in [5, 5.41) is 11.0. The standard InChI is InChI=1S/C19H23N3O3.C2HF3O2/c1-13-17(14(2)25-21-13)18(23)22-10-15-6-5-8-19(15,11-22)12-24-16-7-3-4-9-20-16;3-2(4,5)1(6)7/h3-4,7,9,15H,5-6,8,10-12H2,1-2H3;(H,6,7)/t15-,19+;/m1./s1. The third kappa shape index (κ3) is 5.03. The molecule has 0 radical (unpaired) electrons. The molecule has 32 heavy (non-hydrogen) atoms. The number of carbonyl (C=O) groups is 2. The van der Waals surface area contributed by atoms with E-state index in [2.05, 4.69) is 10.1 Å². The number of likely N-dealkylation sites (tertiary alicyclic amines) is 1. The Bertz CT molecular complexity index is 944. The van der Waals surface area contributed by atoms with Crippen LogP contribution in [0.1, 0.15) is 41.1 Å². The van der Waals surface area contributed by atoms with Crippen molar-refractivity contribution in [1.82, 2.24) is 15.0 Å². The molecule has 4 rings (SSSR count). The molecule has 2 aromatic rings. The first kappa shape index (κ1) is 23.6. The van der Waals surface area contributed by atoms with E-state index in [1.165, 1.54) is 6.42 Å². The highest BCUT2D eigenvalue weighted by atomic mass is 19.4. The number of hydrogen-bond acceptors (Lipinski definition) is 6. The molecule has 0 spiro atoms. The maximum absolute atomic E-state index is 13.0. The van der Waals surface area contributed by atoms with E-state index in [-0.39, 0.29) is 11.3 Å². The fourth-order valence-corrected chi connectivity index (χ4v) is 4.40. The number of aliphatic carboxylic acids is 1. The first-order chi connectivity index (χ1) is 15.0. The van der Waals surface area contributed by atoms with Crippen LogP contribution in [-0.2, 0) is 4.79 Å². The van der Waals surface area contributed by atoms with Crippen LogP contribution >= 0.6 is 0 Å². The lowest BCUT2D eigenvalue weighted by Gasteiger charge is -2.28. The van der Waals surface area contributed by atoms with Gasteiger partial charge >= 0.3 is 12.1 Å². The van der Waals surface area contributed by atoms with E-state index >= 15 is 0 Å². The second-order valence-electron chi connectivity index (χ2n) is 8.10. The third-order valence-corrected chi connectivity index (χ3v) is 5.96. The number of pyridine rings is 1. The number of ether oxygens (including phenoxy) is 1. The van der Waals surface area contributed by atoms with Gasteiger partial charge in [-0.25, -0.2) is 9.78 Å². The Kier molecular flexibility index (Phi) is 6.75. The number of aromatic nitrogens is 2. The molecule has 2 fully saturated rings. The molecule has 0 bridgehead atoms. The molecule has 8 nitrogen and oxygen atoms in total. The van der Waals surface area contributed by atoms with E-state index in [9.17, 15) is 18.0 Å². The van der Waals surface area contributed by atoms with Crippen molar-refractivity contribution in [3.8, 4) is 5.88 Å².